The van der Waals surface area contributed by atoms with Crippen molar-refractivity contribution >= 4 is 23.6 Å². The number of aromatic amines is 2. The van der Waals surface area contributed by atoms with E-state index >= 15 is 0 Å². The van der Waals surface area contributed by atoms with Gasteiger partial charge in [-0.15, -0.1) is 11.3 Å². The molecule has 5 nitrogen and oxygen atoms in total. The summed E-state index contributed by atoms with van der Waals surface area (Å²) >= 11 is 6.74. The van der Waals surface area contributed by atoms with E-state index in [9.17, 15) is 4.79 Å². The molecule has 106 valence electrons. The summed E-state index contributed by atoms with van der Waals surface area (Å²) in [6, 6.07) is 0. The van der Waals surface area contributed by atoms with Gasteiger partial charge in [0.1, 0.15) is 0 Å². The fourth-order valence-electron chi connectivity index (χ4n) is 2.57. The third-order valence-corrected chi connectivity index (χ3v) is 4.82. The highest BCUT2D eigenvalue weighted by atomic mass is 32.1. The average molecular weight is 308 g/mol. The van der Waals surface area contributed by atoms with Crippen LogP contribution in [0.5, 0.6) is 0 Å². The SMILES string of the molecule is Cc1nc(C)c(CN2CCc3[nH]c(=S)[nH]c(=O)c3C2)s1. The number of hydrogen-bond acceptors (Lipinski definition) is 5. The van der Waals surface area contributed by atoms with Gasteiger partial charge >= 0.3 is 0 Å². The van der Waals surface area contributed by atoms with Crippen molar-refractivity contribution in [2.45, 2.75) is 33.4 Å². The maximum absolute atomic E-state index is 12.0. The Morgan fingerprint density at radius 3 is 2.90 bits per heavy atom. The predicted octanol–water partition coefficient (Wildman–Crippen LogP) is 2.06. The molecule has 0 saturated heterocycles. The molecule has 3 rings (SSSR count). The Kier molecular flexibility index (Phi) is 3.57. The number of aryl methyl sites for hydroxylation is 2. The van der Waals surface area contributed by atoms with E-state index in [2.05, 4.69) is 19.9 Å². The number of thiazole rings is 1. The standard InChI is InChI=1S/C13H16N4OS2/c1-7-11(20-8(2)14-7)6-17-4-3-10-9(5-17)12(18)16-13(19)15-10/h3-6H2,1-2H3,(H2,15,16,18,19). The number of hydrogen-bond donors (Lipinski definition) is 2. The van der Waals surface area contributed by atoms with Crippen LogP contribution >= 0.6 is 23.6 Å². The minimum atomic E-state index is -0.0642. The zero-order chi connectivity index (χ0) is 14.3. The lowest BCUT2D eigenvalue weighted by molar-refractivity contribution is 0.243. The van der Waals surface area contributed by atoms with Crippen LogP contribution in [0.15, 0.2) is 4.79 Å². The molecule has 3 heterocycles. The Bertz CT molecular complexity index is 758. The summed E-state index contributed by atoms with van der Waals surface area (Å²) in [6.07, 6.45) is 0.833. The van der Waals surface area contributed by atoms with Crippen LogP contribution in [0.2, 0.25) is 0 Å². The van der Waals surface area contributed by atoms with Crippen LogP contribution in [-0.2, 0) is 19.5 Å². The van der Waals surface area contributed by atoms with Crippen LogP contribution < -0.4 is 5.56 Å². The Labute approximate surface area is 125 Å². The van der Waals surface area contributed by atoms with Gasteiger partial charge < -0.3 is 4.98 Å². The van der Waals surface area contributed by atoms with Crippen LogP contribution in [-0.4, -0.2) is 26.4 Å². The topological polar surface area (TPSA) is 64.8 Å². The maximum atomic E-state index is 12.0. The van der Waals surface area contributed by atoms with Crippen molar-refractivity contribution in [3.8, 4) is 0 Å². The summed E-state index contributed by atoms with van der Waals surface area (Å²) in [7, 11) is 0. The highest BCUT2D eigenvalue weighted by Gasteiger charge is 2.20. The largest absolute Gasteiger partial charge is 0.335 e. The van der Waals surface area contributed by atoms with Gasteiger partial charge in [-0.3, -0.25) is 14.7 Å². The van der Waals surface area contributed by atoms with Crippen molar-refractivity contribution < 1.29 is 0 Å². The van der Waals surface area contributed by atoms with E-state index < -0.39 is 0 Å². The Morgan fingerprint density at radius 2 is 2.20 bits per heavy atom. The van der Waals surface area contributed by atoms with Crippen LogP contribution in [0.25, 0.3) is 0 Å². The van der Waals surface area contributed by atoms with Crippen molar-refractivity contribution in [1.82, 2.24) is 19.9 Å². The second-order valence-electron chi connectivity index (χ2n) is 5.07. The lowest BCUT2D eigenvalue weighted by Gasteiger charge is -2.27. The molecule has 0 spiro atoms. The third-order valence-electron chi connectivity index (χ3n) is 3.56. The number of H-pyrrole nitrogens is 2. The third kappa shape index (κ3) is 2.61. The van der Waals surface area contributed by atoms with Crippen LogP contribution in [0.3, 0.4) is 0 Å². The van der Waals surface area contributed by atoms with E-state index in [4.69, 9.17) is 12.2 Å². The second kappa shape index (κ2) is 5.23. The molecular formula is C13H16N4OS2. The summed E-state index contributed by atoms with van der Waals surface area (Å²) in [5.74, 6) is 0. The predicted molar refractivity (Wildman–Crippen MR) is 81.7 cm³/mol. The van der Waals surface area contributed by atoms with E-state index in [-0.39, 0.29) is 5.56 Å². The molecular weight excluding hydrogens is 292 g/mol. The number of aromatic nitrogens is 3. The van der Waals surface area contributed by atoms with Crippen LogP contribution in [0.1, 0.15) is 26.8 Å². The molecule has 0 atom stereocenters. The molecule has 2 aromatic rings. The molecule has 0 amide bonds. The summed E-state index contributed by atoms with van der Waals surface area (Å²) in [4.78, 5) is 25.8. The average Bonchev–Trinajstić information content (AvgIpc) is 2.68. The molecule has 0 bridgehead atoms. The zero-order valence-corrected chi connectivity index (χ0v) is 13.1. The molecule has 1 aliphatic rings. The van der Waals surface area contributed by atoms with Crippen molar-refractivity contribution in [1.29, 1.82) is 0 Å². The van der Waals surface area contributed by atoms with Gasteiger partial charge in [-0.25, -0.2) is 4.98 Å². The molecule has 0 unspecified atom stereocenters. The molecule has 0 radical (unpaired) electrons. The van der Waals surface area contributed by atoms with Crippen LogP contribution in [0, 0.1) is 18.6 Å². The fraction of sp³-hybridized carbons (Fsp3) is 0.462. The molecule has 0 aromatic carbocycles. The van der Waals surface area contributed by atoms with E-state index in [0.29, 0.717) is 11.3 Å². The van der Waals surface area contributed by atoms with Gasteiger partial charge in [0.05, 0.1) is 16.3 Å². The molecule has 0 saturated carbocycles. The molecule has 0 aliphatic carbocycles. The van der Waals surface area contributed by atoms with Crippen molar-refractivity contribution in [3.05, 3.63) is 42.0 Å². The smallest absolute Gasteiger partial charge is 0.256 e. The molecule has 2 aromatic heterocycles. The molecule has 7 heteroatoms. The number of fused-ring (bicyclic) bond motifs is 1. The second-order valence-corrected chi connectivity index (χ2v) is 6.76. The Balaban J connectivity index is 1.84. The minimum Gasteiger partial charge on any atom is -0.335 e. The van der Waals surface area contributed by atoms with Gasteiger partial charge in [-0.05, 0) is 26.1 Å². The van der Waals surface area contributed by atoms with E-state index in [0.717, 1.165) is 41.5 Å². The normalized spacial score (nSPS) is 15.3. The van der Waals surface area contributed by atoms with Gasteiger partial charge in [0.25, 0.3) is 5.56 Å². The first-order valence-corrected chi connectivity index (χ1v) is 7.75. The summed E-state index contributed by atoms with van der Waals surface area (Å²) in [5, 5.41) is 1.09. The number of nitrogens with zero attached hydrogens (tertiary/aromatic N) is 2. The first kappa shape index (κ1) is 13.7. The zero-order valence-electron chi connectivity index (χ0n) is 11.4. The molecule has 20 heavy (non-hydrogen) atoms. The lowest BCUT2D eigenvalue weighted by Crippen LogP contribution is -2.35. The number of nitrogens with one attached hydrogen (secondary N) is 2. The first-order chi connectivity index (χ1) is 9.52. The van der Waals surface area contributed by atoms with Gasteiger partial charge in [0, 0.05) is 36.6 Å². The lowest BCUT2D eigenvalue weighted by atomic mass is 10.1. The van der Waals surface area contributed by atoms with Crippen molar-refractivity contribution in [3.63, 3.8) is 0 Å². The summed E-state index contributed by atoms with van der Waals surface area (Å²) in [5.41, 5.74) is 2.82. The fourth-order valence-corrected chi connectivity index (χ4v) is 3.77. The van der Waals surface area contributed by atoms with E-state index in [1.54, 1.807) is 11.3 Å². The Morgan fingerprint density at radius 1 is 1.40 bits per heavy atom. The van der Waals surface area contributed by atoms with Gasteiger partial charge in [-0.2, -0.15) is 0 Å². The highest BCUT2D eigenvalue weighted by molar-refractivity contribution is 7.71. The monoisotopic (exact) mass is 308 g/mol. The van der Waals surface area contributed by atoms with Gasteiger partial charge in [-0.1, -0.05) is 0 Å². The van der Waals surface area contributed by atoms with Gasteiger partial charge in [0.2, 0.25) is 0 Å². The maximum Gasteiger partial charge on any atom is 0.256 e. The summed E-state index contributed by atoms with van der Waals surface area (Å²) < 4.78 is 0.413. The van der Waals surface area contributed by atoms with Crippen molar-refractivity contribution in [2.24, 2.45) is 0 Å². The van der Waals surface area contributed by atoms with Crippen LogP contribution in [0.4, 0.5) is 0 Å². The Hall–Kier alpha value is -1.31. The molecule has 2 N–H and O–H groups in total. The van der Waals surface area contributed by atoms with Crippen molar-refractivity contribution in [2.75, 3.05) is 6.54 Å². The molecule has 0 fully saturated rings. The number of rotatable bonds is 2. The summed E-state index contributed by atoms with van der Waals surface area (Å²) in [6.45, 7) is 6.51. The quantitative estimate of drug-likeness (QED) is 0.834. The minimum absolute atomic E-state index is 0.0642. The van der Waals surface area contributed by atoms with E-state index in [1.165, 1.54) is 4.88 Å². The van der Waals surface area contributed by atoms with Gasteiger partial charge in [0.15, 0.2) is 4.77 Å². The first-order valence-electron chi connectivity index (χ1n) is 6.52. The molecule has 1 aliphatic heterocycles. The highest BCUT2D eigenvalue weighted by Crippen LogP contribution is 2.22. The van der Waals surface area contributed by atoms with E-state index in [1.807, 2.05) is 13.8 Å².